The number of rotatable bonds is 4. The summed E-state index contributed by atoms with van der Waals surface area (Å²) in [6.45, 7) is 6.17. The number of thiophene rings is 1. The fourth-order valence-electron chi connectivity index (χ4n) is 1.76. The van der Waals surface area contributed by atoms with E-state index in [1.165, 1.54) is 26.0 Å². The molecule has 0 fully saturated rings. The molecular weight excluding hydrogens is 294 g/mol. The van der Waals surface area contributed by atoms with Crippen molar-refractivity contribution in [1.82, 2.24) is 5.32 Å². The van der Waals surface area contributed by atoms with Crippen LogP contribution in [-0.4, -0.2) is 0 Å². The third-order valence-corrected chi connectivity index (χ3v) is 4.44. The fourth-order valence-corrected chi connectivity index (χ4v) is 3.18. The van der Waals surface area contributed by atoms with Crippen molar-refractivity contribution in [2.75, 3.05) is 0 Å². The van der Waals surface area contributed by atoms with Crippen molar-refractivity contribution in [3.8, 4) is 0 Å². The Morgan fingerprint density at radius 3 is 2.71 bits per heavy atom. The molecule has 0 radical (unpaired) electrons. The highest BCUT2D eigenvalue weighted by Crippen LogP contribution is 2.19. The van der Waals surface area contributed by atoms with Crippen molar-refractivity contribution in [1.29, 1.82) is 0 Å². The topological polar surface area (TPSA) is 12.0 Å². The second kappa shape index (κ2) is 5.80. The van der Waals surface area contributed by atoms with Gasteiger partial charge in [-0.15, -0.1) is 11.3 Å². The Balaban J connectivity index is 1.91. The molecule has 0 unspecified atom stereocenters. The highest BCUT2D eigenvalue weighted by Gasteiger charge is 2.00. The van der Waals surface area contributed by atoms with Crippen molar-refractivity contribution in [3.63, 3.8) is 0 Å². The standard InChI is InChI=1S/C14H16BrNS/c1-10-3-4-11(2)12(5-10)7-16-8-14-6-13(15)9-17-14/h3-6,9,16H,7-8H2,1-2H3. The van der Waals surface area contributed by atoms with Gasteiger partial charge in [-0.25, -0.2) is 0 Å². The van der Waals surface area contributed by atoms with Gasteiger partial charge in [0, 0.05) is 27.8 Å². The number of halogens is 1. The van der Waals surface area contributed by atoms with Crippen LogP contribution in [0.25, 0.3) is 0 Å². The molecule has 3 heteroatoms. The molecule has 90 valence electrons. The van der Waals surface area contributed by atoms with E-state index in [0.29, 0.717) is 0 Å². The van der Waals surface area contributed by atoms with E-state index >= 15 is 0 Å². The molecule has 0 aliphatic rings. The number of benzene rings is 1. The van der Waals surface area contributed by atoms with Crippen LogP contribution in [0.5, 0.6) is 0 Å². The zero-order valence-electron chi connectivity index (χ0n) is 10.1. The summed E-state index contributed by atoms with van der Waals surface area (Å²) in [7, 11) is 0. The summed E-state index contributed by atoms with van der Waals surface area (Å²) in [5, 5.41) is 5.61. The summed E-state index contributed by atoms with van der Waals surface area (Å²) in [6.07, 6.45) is 0. The Morgan fingerprint density at radius 2 is 2.00 bits per heavy atom. The maximum atomic E-state index is 3.49. The van der Waals surface area contributed by atoms with Gasteiger partial charge in [0.05, 0.1) is 0 Å². The van der Waals surface area contributed by atoms with Crippen molar-refractivity contribution in [2.24, 2.45) is 0 Å². The molecule has 0 bridgehead atoms. The van der Waals surface area contributed by atoms with Crippen LogP contribution in [0.15, 0.2) is 34.1 Å². The van der Waals surface area contributed by atoms with Crippen LogP contribution in [0.1, 0.15) is 21.6 Å². The third-order valence-electron chi connectivity index (χ3n) is 2.74. The van der Waals surface area contributed by atoms with Crippen LogP contribution in [0.2, 0.25) is 0 Å². The van der Waals surface area contributed by atoms with Gasteiger partial charge in [-0.3, -0.25) is 0 Å². The molecule has 1 heterocycles. The maximum Gasteiger partial charge on any atom is 0.0303 e. The summed E-state index contributed by atoms with van der Waals surface area (Å²) in [5.74, 6) is 0. The number of hydrogen-bond acceptors (Lipinski definition) is 2. The molecule has 0 aliphatic heterocycles. The van der Waals surface area contributed by atoms with E-state index in [9.17, 15) is 0 Å². The summed E-state index contributed by atoms with van der Waals surface area (Å²) < 4.78 is 1.17. The Hall–Kier alpha value is -0.640. The van der Waals surface area contributed by atoms with Gasteiger partial charge in [-0.1, -0.05) is 23.8 Å². The average molecular weight is 310 g/mol. The second-order valence-corrected chi connectivity index (χ2v) is 6.18. The van der Waals surface area contributed by atoms with Crippen LogP contribution in [0, 0.1) is 13.8 Å². The Kier molecular flexibility index (Phi) is 4.37. The third kappa shape index (κ3) is 3.66. The summed E-state index contributed by atoms with van der Waals surface area (Å²) in [6, 6.07) is 8.77. The van der Waals surface area contributed by atoms with E-state index in [-0.39, 0.29) is 0 Å². The first-order chi connectivity index (χ1) is 8.15. The van der Waals surface area contributed by atoms with E-state index in [0.717, 1.165) is 13.1 Å². The first kappa shape index (κ1) is 12.8. The number of aryl methyl sites for hydroxylation is 2. The largest absolute Gasteiger partial charge is 0.308 e. The van der Waals surface area contributed by atoms with Crippen LogP contribution in [0.3, 0.4) is 0 Å². The van der Waals surface area contributed by atoms with Gasteiger partial charge in [-0.2, -0.15) is 0 Å². The lowest BCUT2D eigenvalue weighted by Gasteiger charge is -2.08. The van der Waals surface area contributed by atoms with Gasteiger partial charge in [0.1, 0.15) is 0 Å². The highest BCUT2D eigenvalue weighted by atomic mass is 79.9. The van der Waals surface area contributed by atoms with Crippen LogP contribution < -0.4 is 5.32 Å². The van der Waals surface area contributed by atoms with Gasteiger partial charge in [0.15, 0.2) is 0 Å². The first-order valence-electron chi connectivity index (χ1n) is 5.65. The molecule has 0 atom stereocenters. The summed E-state index contributed by atoms with van der Waals surface area (Å²) >= 11 is 5.26. The van der Waals surface area contributed by atoms with E-state index < -0.39 is 0 Å². The molecule has 1 aromatic carbocycles. The number of hydrogen-bond donors (Lipinski definition) is 1. The Bertz CT molecular complexity index is 505. The van der Waals surface area contributed by atoms with Crippen molar-refractivity contribution in [3.05, 3.63) is 55.7 Å². The van der Waals surface area contributed by atoms with Crippen LogP contribution in [0.4, 0.5) is 0 Å². The lowest BCUT2D eigenvalue weighted by molar-refractivity contribution is 0.697. The van der Waals surface area contributed by atoms with Gasteiger partial charge in [-0.05, 0) is 47.0 Å². The predicted molar refractivity (Wildman–Crippen MR) is 78.5 cm³/mol. The minimum Gasteiger partial charge on any atom is -0.308 e. The lowest BCUT2D eigenvalue weighted by atomic mass is 10.1. The van der Waals surface area contributed by atoms with Crippen LogP contribution in [-0.2, 0) is 13.1 Å². The minimum atomic E-state index is 0.934. The lowest BCUT2D eigenvalue weighted by Crippen LogP contribution is -2.12. The van der Waals surface area contributed by atoms with Gasteiger partial charge >= 0.3 is 0 Å². The molecule has 2 aromatic rings. The van der Waals surface area contributed by atoms with E-state index in [1.807, 2.05) is 0 Å². The zero-order chi connectivity index (χ0) is 12.3. The van der Waals surface area contributed by atoms with Gasteiger partial charge < -0.3 is 5.32 Å². The first-order valence-corrected chi connectivity index (χ1v) is 7.32. The molecular formula is C14H16BrNS. The molecule has 1 nitrogen and oxygen atoms in total. The quantitative estimate of drug-likeness (QED) is 0.881. The maximum absolute atomic E-state index is 3.49. The van der Waals surface area contributed by atoms with E-state index in [4.69, 9.17) is 0 Å². The minimum absolute atomic E-state index is 0.934. The average Bonchev–Trinajstić information content (AvgIpc) is 2.69. The second-order valence-electron chi connectivity index (χ2n) is 4.26. The molecule has 0 spiro atoms. The fraction of sp³-hybridized carbons (Fsp3) is 0.286. The summed E-state index contributed by atoms with van der Waals surface area (Å²) in [4.78, 5) is 1.36. The molecule has 1 aromatic heterocycles. The Morgan fingerprint density at radius 1 is 1.18 bits per heavy atom. The normalized spacial score (nSPS) is 10.8. The molecule has 17 heavy (non-hydrogen) atoms. The van der Waals surface area contributed by atoms with Gasteiger partial charge in [0.2, 0.25) is 0 Å². The van der Waals surface area contributed by atoms with E-state index in [2.05, 4.69) is 64.7 Å². The van der Waals surface area contributed by atoms with Crippen molar-refractivity contribution in [2.45, 2.75) is 26.9 Å². The highest BCUT2D eigenvalue weighted by molar-refractivity contribution is 9.10. The molecule has 0 amide bonds. The molecule has 0 saturated carbocycles. The van der Waals surface area contributed by atoms with E-state index in [1.54, 1.807) is 11.3 Å². The molecule has 2 rings (SSSR count). The number of nitrogens with one attached hydrogen (secondary N) is 1. The SMILES string of the molecule is Cc1ccc(C)c(CNCc2cc(Br)cs2)c1. The predicted octanol–water partition coefficient (Wildman–Crippen LogP) is 4.42. The smallest absolute Gasteiger partial charge is 0.0303 e. The molecule has 1 N–H and O–H groups in total. The summed E-state index contributed by atoms with van der Waals surface area (Å²) in [5.41, 5.74) is 4.07. The zero-order valence-corrected chi connectivity index (χ0v) is 12.5. The monoisotopic (exact) mass is 309 g/mol. The van der Waals surface area contributed by atoms with Crippen molar-refractivity contribution < 1.29 is 0 Å². The van der Waals surface area contributed by atoms with Gasteiger partial charge in [0.25, 0.3) is 0 Å². The molecule has 0 saturated heterocycles. The van der Waals surface area contributed by atoms with Crippen molar-refractivity contribution >= 4 is 27.3 Å². The molecule has 0 aliphatic carbocycles. The van der Waals surface area contributed by atoms with Crippen LogP contribution >= 0.6 is 27.3 Å². The Labute approximate surface area is 115 Å².